The first-order valence-corrected chi connectivity index (χ1v) is 9.22. The van der Waals surface area contributed by atoms with Gasteiger partial charge in [0.15, 0.2) is 0 Å². The molecule has 5 nitrogen and oxygen atoms in total. The second-order valence-electron chi connectivity index (χ2n) is 5.92. The van der Waals surface area contributed by atoms with E-state index in [1.54, 1.807) is 0 Å². The Morgan fingerprint density at radius 2 is 2.00 bits per heavy atom. The molecule has 2 aliphatic heterocycles. The number of aromatic nitrogens is 1. The number of hydrogen-bond donors (Lipinski definition) is 1. The largest absolute Gasteiger partial charge is 0.335 e. The van der Waals surface area contributed by atoms with Gasteiger partial charge in [-0.15, -0.1) is 0 Å². The molecular weight excluding hydrogens is 296 g/mol. The van der Waals surface area contributed by atoms with Gasteiger partial charge in [-0.1, -0.05) is 6.07 Å². The van der Waals surface area contributed by atoms with Gasteiger partial charge >= 0.3 is 6.03 Å². The summed E-state index contributed by atoms with van der Waals surface area (Å²) in [4.78, 5) is 21.0. The van der Waals surface area contributed by atoms with Crippen molar-refractivity contribution in [3.05, 3.63) is 30.1 Å². The van der Waals surface area contributed by atoms with Gasteiger partial charge in [0.25, 0.3) is 0 Å². The average Bonchev–Trinajstić information content (AvgIpc) is 2.58. The number of piperidine rings is 1. The molecule has 1 N–H and O–H groups in total. The van der Waals surface area contributed by atoms with Crippen LogP contribution in [0.25, 0.3) is 0 Å². The number of nitrogens with one attached hydrogen (secondary N) is 1. The van der Waals surface area contributed by atoms with Crippen molar-refractivity contribution in [1.82, 2.24) is 20.1 Å². The van der Waals surface area contributed by atoms with E-state index in [2.05, 4.69) is 21.3 Å². The number of pyridine rings is 1. The molecule has 0 aromatic carbocycles. The Kier molecular flexibility index (Phi) is 5.56. The van der Waals surface area contributed by atoms with Crippen LogP contribution >= 0.6 is 11.8 Å². The van der Waals surface area contributed by atoms with Crippen molar-refractivity contribution in [1.29, 1.82) is 0 Å². The third-order valence-corrected chi connectivity index (χ3v) is 5.27. The fraction of sp³-hybridized carbons (Fsp3) is 0.625. The predicted octanol–water partition coefficient (Wildman–Crippen LogP) is 1.80. The summed E-state index contributed by atoms with van der Waals surface area (Å²) in [5, 5.41) is 3.21. The van der Waals surface area contributed by atoms with E-state index in [1.165, 1.54) is 0 Å². The molecule has 2 amide bonds. The SMILES string of the molecule is O=C(NC1CCN(Cc2ccccn2)CC1)N1CCSCC1. The van der Waals surface area contributed by atoms with Gasteiger partial charge in [-0.05, 0) is 25.0 Å². The molecule has 3 heterocycles. The Morgan fingerprint density at radius 1 is 1.23 bits per heavy atom. The first kappa shape index (κ1) is 15.6. The highest BCUT2D eigenvalue weighted by molar-refractivity contribution is 7.99. The number of carbonyl (C=O) groups is 1. The minimum Gasteiger partial charge on any atom is -0.335 e. The Balaban J connectivity index is 1.40. The molecule has 2 aliphatic rings. The molecule has 1 aromatic rings. The van der Waals surface area contributed by atoms with Crippen LogP contribution in [0, 0.1) is 0 Å². The van der Waals surface area contributed by atoms with Crippen LogP contribution in [0.5, 0.6) is 0 Å². The Morgan fingerprint density at radius 3 is 2.68 bits per heavy atom. The minimum absolute atomic E-state index is 0.128. The first-order chi connectivity index (χ1) is 10.8. The van der Waals surface area contributed by atoms with E-state index in [4.69, 9.17) is 0 Å². The summed E-state index contributed by atoms with van der Waals surface area (Å²) in [5.74, 6) is 2.13. The fourth-order valence-corrected chi connectivity index (χ4v) is 3.89. The van der Waals surface area contributed by atoms with Crippen molar-refractivity contribution < 1.29 is 4.79 Å². The molecule has 22 heavy (non-hydrogen) atoms. The van der Waals surface area contributed by atoms with Gasteiger partial charge in [0.1, 0.15) is 0 Å². The molecular formula is C16H24N4OS. The maximum absolute atomic E-state index is 12.2. The van der Waals surface area contributed by atoms with Crippen molar-refractivity contribution in [3.8, 4) is 0 Å². The van der Waals surface area contributed by atoms with Crippen LogP contribution in [0.15, 0.2) is 24.4 Å². The van der Waals surface area contributed by atoms with Crippen molar-refractivity contribution in [3.63, 3.8) is 0 Å². The second kappa shape index (κ2) is 7.83. The number of amides is 2. The van der Waals surface area contributed by atoms with Gasteiger partial charge in [-0.25, -0.2) is 4.79 Å². The van der Waals surface area contributed by atoms with E-state index >= 15 is 0 Å². The molecule has 0 spiro atoms. The summed E-state index contributed by atoms with van der Waals surface area (Å²) in [5.41, 5.74) is 1.12. The third-order valence-electron chi connectivity index (χ3n) is 4.33. The van der Waals surface area contributed by atoms with Crippen LogP contribution in [0.2, 0.25) is 0 Å². The highest BCUT2D eigenvalue weighted by atomic mass is 32.2. The van der Waals surface area contributed by atoms with Crippen molar-refractivity contribution in [2.45, 2.75) is 25.4 Å². The summed E-state index contributed by atoms with van der Waals surface area (Å²) in [6.45, 7) is 4.73. The Labute approximate surface area is 136 Å². The number of thioether (sulfide) groups is 1. The molecule has 0 saturated carbocycles. The number of likely N-dealkylation sites (tertiary alicyclic amines) is 1. The molecule has 3 rings (SSSR count). The molecule has 0 bridgehead atoms. The van der Waals surface area contributed by atoms with Gasteiger partial charge in [0, 0.05) is 56.5 Å². The van der Waals surface area contributed by atoms with E-state index in [0.29, 0.717) is 6.04 Å². The van der Waals surface area contributed by atoms with Crippen LogP contribution in [0.1, 0.15) is 18.5 Å². The van der Waals surface area contributed by atoms with Gasteiger partial charge in [-0.3, -0.25) is 9.88 Å². The van der Waals surface area contributed by atoms with Crippen LogP contribution in [0.4, 0.5) is 4.79 Å². The minimum atomic E-state index is 0.128. The van der Waals surface area contributed by atoms with Crippen LogP contribution in [-0.2, 0) is 6.54 Å². The lowest BCUT2D eigenvalue weighted by molar-refractivity contribution is 0.170. The number of carbonyl (C=O) groups excluding carboxylic acids is 1. The monoisotopic (exact) mass is 320 g/mol. The smallest absolute Gasteiger partial charge is 0.317 e. The average molecular weight is 320 g/mol. The highest BCUT2D eigenvalue weighted by Crippen LogP contribution is 2.14. The summed E-state index contributed by atoms with van der Waals surface area (Å²) >= 11 is 1.93. The predicted molar refractivity (Wildman–Crippen MR) is 90.0 cm³/mol. The Bertz CT molecular complexity index is 470. The molecule has 120 valence electrons. The summed E-state index contributed by atoms with van der Waals surface area (Å²) in [7, 11) is 0. The molecule has 1 aromatic heterocycles. The molecule has 0 atom stereocenters. The van der Waals surface area contributed by atoms with Crippen molar-refractivity contribution >= 4 is 17.8 Å². The molecule has 0 unspecified atom stereocenters. The van der Waals surface area contributed by atoms with Gasteiger partial charge < -0.3 is 10.2 Å². The highest BCUT2D eigenvalue weighted by Gasteiger charge is 2.23. The summed E-state index contributed by atoms with van der Waals surface area (Å²) < 4.78 is 0. The van der Waals surface area contributed by atoms with Gasteiger partial charge in [0.05, 0.1) is 5.69 Å². The van der Waals surface area contributed by atoms with Crippen LogP contribution in [0.3, 0.4) is 0 Å². The third kappa shape index (κ3) is 4.36. The van der Waals surface area contributed by atoms with E-state index in [0.717, 1.165) is 62.8 Å². The van der Waals surface area contributed by atoms with Gasteiger partial charge in [-0.2, -0.15) is 11.8 Å². The zero-order chi connectivity index (χ0) is 15.2. The standard InChI is InChI=1S/C16H24N4OS/c21-16(20-9-11-22-12-10-20)18-14-4-7-19(8-5-14)13-15-3-1-2-6-17-15/h1-3,6,14H,4-5,7-13H2,(H,18,21). The normalized spacial score (nSPS) is 20.8. The molecule has 2 fully saturated rings. The molecule has 6 heteroatoms. The zero-order valence-corrected chi connectivity index (χ0v) is 13.7. The second-order valence-corrected chi connectivity index (χ2v) is 7.15. The number of urea groups is 1. The van der Waals surface area contributed by atoms with Crippen LogP contribution < -0.4 is 5.32 Å². The lowest BCUT2D eigenvalue weighted by Crippen LogP contribution is -2.50. The van der Waals surface area contributed by atoms with Crippen LogP contribution in [-0.4, -0.2) is 64.5 Å². The Hall–Kier alpha value is -1.27. The number of rotatable bonds is 3. The zero-order valence-electron chi connectivity index (χ0n) is 12.9. The van der Waals surface area contributed by atoms with E-state index in [9.17, 15) is 4.79 Å². The first-order valence-electron chi connectivity index (χ1n) is 8.07. The lowest BCUT2D eigenvalue weighted by atomic mass is 10.0. The van der Waals surface area contributed by atoms with E-state index in [1.807, 2.05) is 35.0 Å². The topological polar surface area (TPSA) is 48.5 Å². The maximum atomic E-state index is 12.2. The van der Waals surface area contributed by atoms with E-state index in [-0.39, 0.29) is 6.03 Å². The molecule has 0 aliphatic carbocycles. The molecule has 2 saturated heterocycles. The quantitative estimate of drug-likeness (QED) is 0.923. The number of hydrogen-bond acceptors (Lipinski definition) is 4. The fourth-order valence-electron chi connectivity index (χ4n) is 2.99. The number of nitrogens with zero attached hydrogens (tertiary/aromatic N) is 3. The lowest BCUT2D eigenvalue weighted by Gasteiger charge is -2.34. The summed E-state index contributed by atoms with van der Waals surface area (Å²) in [6, 6.07) is 6.50. The molecule has 0 radical (unpaired) electrons. The maximum Gasteiger partial charge on any atom is 0.317 e. The van der Waals surface area contributed by atoms with Gasteiger partial charge in [0.2, 0.25) is 0 Å². The summed E-state index contributed by atoms with van der Waals surface area (Å²) in [6.07, 6.45) is 3.90. The van der Waals surface area contributed by atoms with E-state index < -0.39 is 0 Å². The van der Waals surface area contributed by atoms with Crippen molar-refractivity contribution in [2.24, 2.45) is 0 Å². The van der Waals surface area contributed by atoms with Crippen molar-refractivity contribution in [2.75, 3.05) is 37.7 Å².